The van der Waals surface area contributed by atoms with E-state index in [2.05, 4.69) is 12.1 Å². The second-order valence-corrected chi connectivity index (χ2v) is 6.45. The Kier molecular flexibility index (Phi) is 3.98. The highest BCUT2D eigenvalue weighted by Crippen LogP contribution is 2.46. The van der Waals surface area contributed by atoms with Crippen LogP contribution in [-0.2, 0) is 0 Å². The minimum atomic E-state index is -0.528. The van der Waals surface area contributed by atoms with E-state index in [4.69, 9.17) is 10.5 Å². The zero-order chi connectivity index (χ0) is 15.6. The molecule has 1 heterocycles. The molecule has 114 valence electrons. The minimum absolute atomic E-state index is 0.124. The maximum absolute atomic E-state index is 9.60. The maximum atomic E-state index is 9.60. The van der Waals surface area contributed by atoms with Gasteiger partial charge in [0.25, 0.3) is 0 Å². The number of amidine groups is 1. The van der Waals surface area contributed by atoms with Gasteiger partial charge in [-0.05, 0) is 38.5 Å². The van der Waals surface area contributed by atoms with Crippen LogP contribution in [0.3, 0.4) is 0 Å². The van der Waals surface area contributed by atoms with Crippen LogP contribution in [0.4, 0.5) is 0 Å². The van der Waals surface area contributed by atoms with Gasteiger partial charge in [-0.2, -0.15) is 15.6 Å². The zero-order valence-electron chi connectivity index (χ0n) is 12.9. The molecule has 0 radical (unpaired) electrons. The second-order valence-electron chi connectivity index (χ2n) is 6.45. The topological polar surface area (TPSA) is 87.0 Å². The van der Waals surface area contributed by atoms with Crippen molar-refractivity contribution in [2.75, 3.05) is 0 Å². The summed E-state index contributed by atoms with van der Waals surface area (Å²) in [7, 11) is 0. The summed E-state index contributed by atoms with van der Waals surface area (Å²) >= 11 is 0. The Balaban J connectivity index is 2.03. The third-order valence-corrected chi connectivity index (χ3v) is 5.15. The molecule has 0 saturated heterocycles. The van der Waals surface area contributed by atoms with Crippen molar-refractivity contribution in [3.63, 3.8) is 0 Å². The Morgan fingerprint density at radius 2 is 1.59 bits per heavy atom. The third kappa shape index (κ3) is 2.22. The quantitative estimate of drug-likeness (QED) is 0.801. The van der Waals surface area contributed by atoms with Gasteiger partial charge < -0.3 is 0 Å². The molecule has 0 unspecified atom stereocenters. The Morgan fingerprint density at radius 3 is 2.18 bits per heavy atom. The molecule has 2 fully saturated rings. The summed E-state index contributed by atoms with van der Waals surface area (Å²) in [5.74, 6) is 0.124. The highest BCUT2D eigenvalue weighted by molar-refractivity contribution is 6.05. The molecule has 2 saturated carbocycles. The molecule has 22 heavy (non-hydrogen) atoms. The number of rotatable bonds is 1. The van der Waals surface area contributed by atoms with E-state index in [0.717, 1.165) is 63.5 Å². The molecule has 0 amide bonds. The van der Waals surface area contributed by atoms with Crippen LogP contribution in [0.15, 0.2) is 16.2 Å². The van der Waals surface area contributed by atoms with Crippen molar-refractivity contribution in [2.45, 2.75) is 69.7 Å². The fraction of sp³-hybridized carbons (Fsp3) is 0.647. The first-order valence-electron chi connectivity index (χ1n) is 8.23. The first kappa shape index (κ1) is 14.8. The molecular formula is C17H21N5. The van der Waals surface area contributed by atoms with Crippen molar-refractivity contribution in [1.29, 1.82) is 15.9 Å². The molecule has 1 N–H and O–H groups in total. The highest BCUT2D eigenvalue weighted by Gasteiger charge is 2.51. The van der Waals surface area contributed by atoms with Gasteiger partial charge in [-0.3, -0.25) is 5.41 Å². The summed E-state index contributed by atoms with van der Waals surface area (Å²) < 4.78 is 0. The average Bonchev–Trinajstić information content (AvgIpc) is 2.78. The lowest BCUT2D eigenvalue weighted by Crippen LogP contribution is -2.47. The van der Waals surface area contributed by atoms with E-state index in [0.29, 0.717) is 5.57 Å². The van der Waals surface area contributed by atoms with Crippen LogP contribution >= 0.6 is 0 Å². The number of hydrogen-bond donors (Lipinski definition) is 1. The monoisotopic (exact) mass is 295 g/mol. The van der Waals surface area contributed by atoms with E-state index >= 15 is 0 Å². The molecule has 5 nitrogen and oxygen atoms in total. The normalized spacial score (nSPS) is 24.4. The molecule has 0 atom stereocenters. The number of nitriles is 2. The summed E-state index contributed by atoms with van der Waals surface area (Å²) in [5, 5.41) is 33.9. The average molecular weight is 295 g/mol. The predicted molar refractivity (Wildman–Crippen MR) is 84.2 cm³/mol. The summed E-state index contributed by atoms with van der Waals surface area (Å²) in [6, 6.07) is 4.30. The van der Waals surface area contributed by atoms with E-state index < -0.39 is 5.54 Å². The fourth-order valence-electron chi connectivity index (χ4n) is 3.99. The molecule has 3 rings (SSSR count). The number of hydrazone groups is 1. The molecule has 0 bridgehead atoms. The third-order valence-electron chi connectivity index (χ3n) is 5.15. The largest absolute Gasteiger partial charge is 0.282 e. The number of nitrogens with zero attached hydrogens (tertiary/aromatic N) is 4. The summed E-state index contributed by atoms with van der Waals surface area (Å²) in [6.45, 7) is 0. The standard InChI is InChI=1S/C17H21N5/c18-11-14-15(12-19)17(9-5-2-6-10-17)22(16(14)20)21-13-7-3-1-4-8-13/h20H,1-10H2. The van der Waals surface area contributed by atoms with Crippen molar-refractivity contribution in [1.82, 2.24) is 5.01 Å². The van der Waals surface area contributed by atoms with Crippen molar-refractivity contribution >= 4 is 11.5 Å². The van der Waals surface area contributed by atoms with Crippen LogP contribution < -0.4 is 0 Å². The highest BCUT2D eigenvalue weighted by atomic mass is 15.5. The van der Waals surface area contributed by atoms with Crippen molar-refractivity contribution < 1.29 is 0 Å². The lowest BCUT2D eigenvalue weighted by molar-refractivity contribution is 0.172. The van der Waals surface area contributed by atoms with Crippen LogP contribution in [0.25, 0.3) is 0 Å². The molecule has 3 aliphatic rings. The van der Waals surface area contributed by atoms with Crippen LogP contribution in [0.1, 0.15) is 64.2 Å². The number of nitrogens with one attached hydrogen (secondary N) is 1. The van der Waals surface area contributed by atoms with Crippen molar-refractivity contribution in [3.8, 4) is 12.1 Å². The van der Waals surface area contributed by atoms with Gasteiger partial charge in [0, 0.05) is 5.71 Å². The molecule has 5 heteroatoms. The summed E-state index contributed by atoms with van der Waals surface area (Å²) in [4.78, 5) is 0. The maximum Gasteiger partial charge on any atom is 0.161 e. The Labute approximate surface area is 131 Å². The Bertz CT molecular complexity index is 614. The van der Waals surface area contributed by atoms with Crippen molar-refractivity contribution in [2.24, 2.45) is 5.10 Å². The van der Waals surface area contributed by atoms with Crippen LogP contribution in [-0.4, -0.2) is 22.1 Å². The second kappa shape index (κ2) is 5.93. The van der Waals surface area contributed by atoms with Crippen LogP contribution in [0.2, 0.25) is 0 Å². The van der Waals surface area contributed by atoms with Crippen molar-refractivity contribution in [3.05, 3.63) is 11.1 Å². The minimum Gasteiger partial charge on any atom is -0.282 e. The first-order chi connectivity index (χ1) is 10.7. The number of hydrogen-bond acceptors (Lipinski definition) is 4. The van der Waals surface area contributed by atoms with Gasteiger partial charge in [-0.15, -0.1) is 0 Å². The Hall–Kier alpha value is -2.14. The Morgan fingerprint density at radius 1 is 0.955 bits per heavy atom. The molecule has 0 aromatic rings. The van der Waals surface area contributed by atoms with E-state index in [1.165, 1.54) is 6.42 Å². The summed E-state index contributed by atoms with van der Waals surface area (Å²) in [6.07, 6.45) is 10.3. The van der Waals surface area contributed by atoms with Gasteiger partial charge in [-0.25, -0.2) is 5.01 Å². The molecule has 1 aliphatic heterocycles. The molecule has 0 aromatic carbocycles. The molecule has 2 aliphatic carbocycles. The van der Waals surface area contributed by atoms with Gasteiger partial charge in [0.2, 0.25) is 0 Å². The van der Waals surface area contributed by atoms with Gasteiger partial charge in [0.15, 0.2) is 5.84 Å². The molecule has 0 aromatic heterocycles. The molecule has 1 spiro atoms. The van der Waals surface area contributed by atoms with Gasteiger partial charge >= 0.3 is 0 Å². The summed E-state index contributed by atoms with van der Waals surface area (Å²) in [5.41, 5.74) is 1.29. The lowest BCUT2D eigenvalue weighted by Gasteiger charge is -2.40. The lowest BCUT2D eigenvalue weighted by atomic mass is 9.77. The van der Waals surface area contributed by atoms with E-state index in [-0.39, 0.29) is 11.4 Å². The van der Waals surface area contributed by atoms with Gasteiger partial charge in [0.05, 0.1) is 11.6 Å². The molecular weight excluding hydrogens is 274 g/mol. The van der Waals surface area contributed by atoms with E-state index in [1.807, 2.05) is 0 Å². The first-order valence-corrected chi connectivity index (χ1v) is 8.23. The van der Waals surface area contributed by atoms with Gasteiger partial charge in [0.1, 0.15) is 17.2 Å². The smallest absolute Gasteiger partial charge is 0.161 e. The van der Waals surface area contributed by atoms with Gasteiger partial charge in [-0.1, -0.05) is 25.7 Å². The SMILES string of the molecule is N#CC1=C(C#N)C2(CCCCC2)N(N=C2CCCCC2)C1=N. The van der Waals surface area contributed by atoms with Crippen LogP contribution in [0, 0.1) is 28.1 Å². The zero-order valence-corrected chi connectivity index (χ0v) is 12.9. The fourth-order valence-corrected chi connectivity index (χ4v) is 3.99. The predicted octanol–water partition coefficient (Wildman–Crippen LogP) is 3.65. The van der Waals surface area contributed by atoms with E-state index in [9.17, 15) is 10.5 Å². The van der Waals surface area contributed by atoms with E-state index in [1.54, 1.807) is 5.01 Å². The van der Waals surface area contributed by atoms with Crippen LogP contribution in [0.5, 0.6) is 0 Å².